The maximum atomic E-state index is 11.8. The van der Waals surface area contributed by atoms with Gasteiger partial charge in [-0.25, -0.2) is 0 Å². The van der Waals surface area contributed by atoms with Crippen LogP contribution in [0.3, 0.4) is 0 Å². The molecule has 3 nitrogen and oxygen atoms in total. The van der Waals surface area contributed by atoms with Crippen LogP contribution in [0.1, 0.15) is 21.5 Å². The summed E-state index contributed by atoms with van der Waals surface area (Å²) < 4.78 is 0. The van der Waals surface area contributed by atoms with E-state index in [1.54, 1.807) is 24.5 Å². The highest BCUT2D eigenvalue weighted by molar-refractivity contribution is 5.94. The third-order valence-electron chi connectivity index (χ3n) is 2.56. The summed E-state index contributed by atoms with van der Waals surface area (Å²) in [6.07, 6.45) is 3.38. The smallest absolute Gasteiger partial charge is 0.252 e. The van der Waals surface area contributed by atoms with Gasteiger partial charge >= 0.3 is 0 Å². The molecule has 0 spiro atoms. The van der Waals surface area contributed by atoms with Crippen LogP contribution < -0.4 is 5.32 Å². The molecule has 0 unspecified atom stereocenters. The van der Waals surface area contributed by atoms with Crippen molar-refractivity contribution in [2.45, 2.75) is 6.92 Å². The lowest BCUT2D eigenvalue weighted by Gasteiger charge is -2.01. The van der Waals surface area contributed by atoms with Gasteiger partial charge in [0.15, 0.2) is 0 Å². The number of aromatic nitrogens is 1. The maximum Gasteiger partial charge on any atom is 0.252 e. The van der Waals surface area contributed by atoms with E-state index in [-0.39, 0.29) is 5.91 Å². The highest BCUT2D eigenvalue weighted by Gasteiger charge is 2.02. The molecule has 0 fully saturated rings. The van der Waals surface area contributed by atoms with E-state index < -0.39 is 0 Å². The van der Waals surface area contributed by atoms with E-state index in [0.29, 0.717) is 12.1 Å². The quantitative estimate of drug-likeness (QED) is 0.830. The number of carbonyl (C=O) groups is 1. The van der Waals surface area contributed by atoms with Crippen LogP contribution in [0.5, 0.6) is 0 Å². The van der Waals surface area contributed by atoms with Crippen LogP contribution in [0.25, 0.3) is 0 Å². The van der Waals surface area contributed by atoms with Crippen molar-refractivity contribution in [2.24, 2.45) is 0 Å². The summed E-state index contributed by atoms with van der Waals surface area (Å²) in [5.74, 6) is 5.75. The molecule has 94 valence electrons. The summed E-state index contributed by atoms with van der Waals surface area (Å²) in [5, 5.41) is 2.76. The van der Waals surface area contributed by atoms with E-state index in [9.17, 15) is 4.79 Å². The average molecular weight is 250 g/mol. The summed E-state index contributed by atoms with van der Waals surface area (Å²) in [4.78, 5) is 15.7. The van der Waals surface area contributed by atoms with E-state index in [4.69, 9.17) is 0 Å². The Morgan fingerprint density at radius 1 is 1.16 bits per heavy atom. The number of nitrogens with zero attached hydrogens (tertiary/aromatic N) is 1. The first-order valence-corrected chi connectivity index (χ1v) is 5.99. The van der Waals surface area contributed by atoms with E-state index in [1.807, 2.05) is 31.2 Å². The van der Waals surface area contributed by atoms with E-state index in [2.05, 4.69) is 22.1 Å². The van der Waals surface area contributed by atoms with Gasteiger partial charge in [-0.2, -0.15) is 0 Å². The molecule has 19 heavy (non-hydrogen) atoms. The molecule has 1 N–H and O–H groups in total. The highest BCUT2D eigenvalue weighted by atomic mass is 16.1. The first-order valence-electron chi connectivity index (χ1n) is 5.99. The number of carbonyl (C=O) groups excluding carboxylic acids is 1. The van der Waals surface area contributed by atoms with Crippen molar-refractivity contribution >= 4 is 5.91 Å². The zero-order chi connectivity index (χ0) is 13.5. The van der Waals surface area contributed by atoms with Crippen molar-refractivity contribution in [3.63, 3.8) is 0 Å². The fraction of sp³-hybridized carbons (Fsp3) is 0.125. The monoisotopic (exact) mass is 250 g/mol. The van der Waals surface area contributed by atoms with Crippen molar-refractivity contribution in [3.05, 3.63) is 65.5 Å². The third-order valence-corrected chi connectivity index (χ3v) is 2.56. The Morgan fingerprint density at radius 2 is 1.84 bits per heavy atom. The Morgan fingerprint density at radius 3 is 2.53 bits per heavy atom. The minimum absolute atomic E-state index is 0.107. The van der Waals surface area contributed by atoms with Gasteiger partial charge in [-0.3, -0.25) is 9.78 Å². The number of aryl methyl sites for hydroxylation is 1. The van der Waals surface area contributed by atoms with E-state index in [1.165, 1.54) is 0 Å². The van der Waals surface area contributed by atoms with Crippen molar-refractivity contribution in [1.82, 2.24) is 10.3 Å². The van der Waals surface area contributed by atoms with Gasteiger partial charge in [0.25, 0.3) is 5.91 Å². The molecule has 0 aliphatic carbocycles. The standard InChI is InChI=1S/C16H14N2O/c1-13-4-6-15(7-5-13)16(19)18-10-2-3-14-8-11-17-12-9-14/h4-9,11-12H,10H2,1H3,(H,18,19). The summed E-state index contributed by atoms with van der Waals surface area (Å²) in [6.45, 7) is 2.32. The predicted octanol–water partition coefficient (Wildman–Crippen LogP) is 2.17. The van der Waals surface area contributed by atoms with Crippen molar-refractivity contribution < 1.29 is 4.79 Å². The second kappa shape index (κ2) is 6.36. The number of pyridine rings is 1. The fourth-order valence-electron chi connectivity index (χ4n) is 1.51. The summed E-state index contributed by atoms with van der Waals surface area (Å²) in [5.41, 5.74) is 2.67. The molecule has 3 heteroatoms. The Bertz CT molecular complexity index is 607. The molecule has 1 aromatic heterocycles. The van der Waals surface area contributed by atoms with E-state index >= 15 is 0 Å². The second-order valence-corrected chi connectivity index (χ2v) is 4.09. The first kappa shape index (κ1) is 12.8. The molecular weight excluding hydrogens is 236 g/mol. The third kappa shape index (κ3) is 3.97. The number of hydrogen-bond donors (Lipinski definition) is 1. The number of hydrogen-bond acceptors (Lipinski definition) is 2. The number of rotatable bonds is 2. The van der Waals surface area contributed by atoms with Gasteiger partial charge in [-0.05, 0) is 31.2 Å². The van der Waals surface area contributed by atoms with E-state index in [0.717, 1.165) is 11.1 Å². The van der Waals surface area contributed by atoms with Gasteiger partial charge < -0.3 is 5.32 Å². The molecular formula is C16H14N2O. The normalized spacial score (nSPS) is 9.32. The average Bonchev–Trinajstić information content (AvgIpc) is 2.45. The largest absolute Gasteiger partial charge is 0.341 e. The molecule has 0 saturated carbocycles. The Hall–Kier alpha value is -2.60. The summed E-state index contributed by atoms with van der Waals surface area (Å²) in [7, 11) is 0. The highest BCUT2D eigenvalue weighted by Crippen LogP contribution is 2.02. The van der Waals surface area contributed by atoms with Crippen molar-refractivity contribution in [2.75, 3.05) is 6.54 Å². The van der Waals surface area contributed by atoms with Crippen LogP contribution in [0, 0.1) is 18.8 Å². The summed E-state index contributed by atoms with van der Waals surface area (Å²) in [6, 6.07) is 11.1. The lowest BCUT2D eigenvalue weighted by molar-refractivity contribution is 0.0958. The van der Waals surface area contributed by atoms with Crippen LogP contribution in [-0.4, -0.2) is 17.4 Å². The molecule has 2 rings (SSSR count). The second-order valence-electron chi connectivity index (χ2n) is 4.09. The molecule has 0 saturated heterocycles. The zero-order valence-corrected chi connectivity index (χ0v) is 10.7. The Kier molecular flexibility index (Phi) is 4.30. The topological polar surface area (TPSA) is 42.0 Å². The molecule has 1 amide bonds. The fourth-order valence-corrected chi connectivity index (χ4v) is 1.51. The van der Waals surface area contributed by atoms with Gasteiger partial charge in [-0.15, -0.1) is 0 Å². The minimum Gasteiger partial charge on any atom is -0.341 e. The van der Waals surface area contributed by atoms with Crippen LogP contribution in [0.2, 0.25) is 0 Å². The molecule has 0 aliphatic rings. The number of nitrogens with one attached hydrogen (secondary N) is 1. The van der Waals surface area contributed by atoms with Gasteiger partial charge in [-0.1, -0.05) is 29.5 Å². The zero-order valence-electron chi connectivity index (χ0n) is 10.7. The van der Waals surface area contributed by atoms with Gasteiger partial charge in [0, 0.05) is 23.5 Å². The molecule has 1 aromatic carbocycles. The lowest BCUT2D eigenvalue weighted by Crippen LogP contribution is -2.23. The Balaban J connectivity index is 1.88. The predicted molar refractivity (Wildman–Crippen MR) is 74.6 cm³/mol. The van der Waals surface area contributed by atoms with Crippen LogP contribution in [0.4, 0.5) is 0 Å². The molecule has 2 aromatic rings. The molecule has 1 heterocycles. The Labute approximate surface area is 112 Å². The minimum atomic E-state index is -0.107. The molecule has 0 aliphatic heterocycles. The summed E-state index contributed by atoms with van der Waals surface area (Å²) >= 11 is 0. The number of benzene rings is 1. The lowest BCUT2D eigenvalue weighted by atomic mass is 10.1. The SMILES string of the molecule is Cc1ccc(C(=O)NCC#Cc2ccncc2)cc1. The van der Waals surface area contributed by atoms with Crippen LogP contribution in [0.15, 0.2) is 48.8 Å². The van der Waals surface area contributed by atoms with Crippen LogP contribution >= 0.6 is 0 Å². The molecule has 0 radical (unpaired) electrons. The molecule has 0 atom stereocenters. The molecule has 0 bridgehead atoms. The van der Waals surface area contributed by atoms with Crippen LogP contribution in [-0.2, 0) is 0 Å². The van der Waals surface area contributed by atoms with Gasteiger partial charge in [0.2, 0.25) is 0 Å². The van der Waals surface area contributed by atoms with Gasteiger partial charge in [0.05, 0.1) is 6.54 Å². The first-order chi connectivity index (χ1) is 9.25. The number of amides is 1. The van der Waals surface area contributed by atoms with Gasteiger partial charge in [0.1, 0.15) is 0 Å². The maximum absolute atomic E-state index is 11.8. The van der Waals surface area contributed by atoms with Crippen molar-refractivity contribution in [1.29, 1.82) is 0 Å². The van der Waals surface area contributed by atoms with Crippen molar-refractivity contribution in [3.8, 4) is 11.8 Å².